The van der Waals surface area contributed by atoms with Crippen LogP contribution in [0.3, 0.4) is 0 Å². The van der Waals surface area contributed by atoms with Crippen molar-refractivity contribution in [1.82, 2.24) is 0 Å². The normalized spacial score (nSPS) is 11.8. The van der Waals surface area contributed by atoms with E-state index in [1.165, 1.54) is 5.56 Å². The van der Waals surface area contributed by atoms with Crippen LogP contribution in [-0.2, 0) is 6.42 Å². The van der Waals surface area contributed by atoms with Crippen LogP contribution in [-0.4, -0.2) is 13.1 Å². The first-order valence-corrected chi connectivity index (χ1v) is 7.57. The second-order valence-electron chi connectivity index (χ2n) is 5.48. The van der Waals surface area contributed by atoms with Crippen molar-refractivity contribution >= 4 is 5.97 Å². The topological polar surface area (TPSA) is 35.5 Å². The third kappa shape index (κ3) is 4.35. The third-order valence-electron chi connectivity index (χ3n) is 3.74. The number of hydrogen-bond donors (Lipinski definition) is 0. The van der Waals surface area contributed by atoms with Gasteiger partial charge >= 0.3 is 5.97 Å². The minimum absolute atomic E-state index is 0.347. The molecule has 0 fully saturated rings. The van der Waals surface area contributed by atoms with Crippen LogP contribution in [0.2, 0.25) is 0 Å². The number of methoxy groups -OCH3 is 1. The molecule has 1 atom stereocenters. The summed E-state index contributed by atoms with van der Waals surface area (Å²) in [5.74, 6) is 1.54. The van der Waals surface area contributed by atoms with Gasteiger partial charge in [-0.15, -0.1) is 0 Å². The first kappa shape index (κ1) is 16.1. The van der Waals surface area contributed by atoms with Gasteiger partial charge < -0.3 is 9.47 Å². The molecule has 0 saturated heterocycles. The Morgan fingerprint density at radius 2 is 1.59 bits per heavy atom. The molecule has 0 heterocycles. The molecule has 0 saturated carbocycles. The second-order valence-corrected chi connectivity index (χ2v) is 5.48. The van der Waals surface area contributed by atoms with E-state index in [-0.39, 0.29) is 5.97 Å². The van der Waals surface area contributed by atoms with Gasteiger partial charge in [0.2, 0.25) is 0 Å². The first-order valence-electron chi connectivity index (χ1n) is 7.57. The van der Waals surface area contributed by atoms with Gasteiger partial charge in [-0.2, -0.15) is 0 Å². The van der Waals surface area contributed by atoms with Gasteiger partial charge in [-0.05, 0) is 54.3 Å². The molecule has 22 heavy (non-hydrogen) atoms. The molecule has 1 unspecified atom stereocenters. The van der Waals surface area contributed by atoms with Crippen molar-refractivity contribution in [1.29, 1.82) is 0 Å². The molecule has 0 N–H and O–H groups in total. The first-order chi connectivity index (χ1) is 10.6. The molecule has 2 aromatic carbocycles. The van der Waals surface area contributed by atoms with Crippen LogP contribution in [0.25, 0.3) is 0 Å². The Kier molecular flexibility index (Phi) is 5.59. The molecule has 0 aliphatic heterocycles. The maximum Gasteiger partial charge on any atom is 0.343 e. The molecule has 2 rings (SSSR count). The molecule has 0 bridgehead atoms. The highest BCUT2D eigenvalue weighted by atomic mass is 16.5. The highest BCUT2D eigenvalue weighted by molar-refractivity contribution is 5.91. The lowest BCUT2D eigenvalue weighted by molar-refractivity contribution is 0.0734. The van der Waals surface area contributed by atoms with Crippen LogP contribution in [0.1, 0.15) is 36.2 Å². The van der Waals surface area contributed by atoms with Crippen molar-refractivity contribution in [3.63, 3.8) is 0 Å². The van der Waals surface area contributed by atoms with Crippen molar-refractivity contribution in [3.8, 4) is 11.5 Å². The summed E-state index contributed by atoms with van der Waals surface area (Å²) in [6.45, 7) is 4.41. The highest BCUT2D eigenvalue weighted by Gasteiger charge is 2.09. The van der Waals surface area contributed by atoms with Crippen LogP contribution in [0, 0.1) is 5.92 Å². The number of rotatable bonds is 6. The van der Waals surface area contributed by atoms with E-state index in [9.17, 15) is 4.79 Å². The SMILES string of the molecule is CCC(C)Cc1ccc(C(=O)Oc2ccc(OC)cc2)cc1. The number of carbonyl (C=O) groups excluding carboxylic acids is 1. The average molecular weight is 298 g/mol. The second kappa shape index (κ2) is 7.64. The molecule has 0 spiro atoms. The summed E-state index contributed by atoms with van der Waals surface area (Å²) in [5, 5.41) is 0. The number of esters is 1. The lowest BCUT2D eigenvalue weighted by Gasteiger charge is -2.09. The van der Waals surface area contributed by atoms with Crippen LogP contribution in [0.4, 0.5) is 0 Å². The number of carbonyl (C=O) groups is 1. The van der Waals surface area contributed by atoms with Gasteiger partial charge in [-0.25, -0.2) is 4.79 Å². The number of ether oxygens (including phenoxy) is 2. The van der Waals surface area contributed by atoms with E-state index in [1.807, 2.05) is 24.3 Å². The van der Waals surface area contributed by atoms with E-state index >= 15 is 0 Å². The molecular formula is C19H22O3. The smallest absolute Gasteiger partial charge is 0.343 e. The minimum atomic E-state index is -0.347. The van der Waals surface area contributed by atoms with Crippen LogP contribution >= 0.6 is 0 Å². The molecule has 3 heteroatoms. The van der Waals surface area contributed by atoms with Crippen LogP contribution in [0.5, 0.6) is 11.5 Å². The molecule has 0 amide bonds. The van der Waals surface area contributed by atoms with Crippen molar-refractivity contribution in [2.24, 2.45) is 5.92 Å². The Balaban J connectivity index is 1.99. The maximum absolute atomic E-state index is 12.1. The Hall–Kier alpha value is -2.29. The van der Waals surface area contributed by atoms with E-state index < -0.39 is 0 Å². The molecule has 3 nitrogen and oxygen atoms in total. The van der Waals surface area contributed by atoms with Gasteiger partial charge in [0, 0.05) is 0 Å². The minimum Gasteiger partial charge on any atom is -0.497 e. The Bertz CT molecular complexity index is 600. The molecule has 0 aliphatic carbocycles. The van der Waals surface area contributed by atoms with E-state index in [4.69, 9.17) is 9.47 Å². The Morgan fingerprint density at radius 1 is 1.00 bits per heavy atom. The predicted octanol–water partition coefficient (Wildman–Crippen LogP) is 4.50. The average Bonchev–Trinajstić information content (AvgIpc) is 2.56. The largest absolute Gasteiger partial charge is 0.497 e. The fourth-order valence-electron chi connectivity index (χ4n) is 2.13. The van der Waals surface area contributed by atoms with E-state index in [2.05, 4.69) is 13.8 Å². The monoisotopic (exact) mass is 298 g/mol. The lowest BCUT2D eigenvalue weighted by Crippen LogP contribution is -2.08. The van der Waals surface area contributed by atoms with Crippen molar-refractivity contribution in [2.45, 2.75) is 26.7 Å². The van der Waals surface area contributed by atoms with E-state index in [1.54, 1.807) is 31.4 Å². The quantitative estimate of drug-likeness (QED) is 0.581. The molecule has 116 valence electrons. The number of benzene rings is 2. The molecule has 0 aromatic heterocycles. The summed E-state index contributed by atoms with van der Waals surface area (Å²) < 4.78 is 10.4. The van der Waals surface area contributed by atoms with Crippen LogP contribution < -0.4 is 9.47 Å². The zero-order chi connectivity index (χ0) is 15.9. The van der Waals surface area contributed by atoms with Gasteiger partial charge in [0.05, 0.1) is 12.7 Å². The lowest BCUT2D eigenvalue weighted by atomic mass is 9.98. The summed E-state index contributed by atoms with van der Waals surface area (Å²) in [6.07, 6.45) is 2.19. The predicted molar refractivity (Wildman–Crippen MR) is 87.6 cm³/mol. The summed E-state index contributed by atoms with van der Waals surface area (Å²) in [7, 11) is 1.60. The van der Waals surface area contributed by atoms with Crippen molar-refractivity contribution in [3.05, 3.63) is 59.7 Å². The van der Waals surface area contributed by atoms with Crippen molar-refractivity contribution < 1.29 is 14.3 Å². The Morgan fingerprint density at radius 3 is 2.14 bits per heavy atom. The summed E-state index contributed by atoms with van der Waals surface area (Å²) >= 11 is 0. The zero-order valence-electron chi connectivity index (χ0n) is 13.3. The molecular weight excluding hydrogens is 276 g/mol. The summed E-state index contributed by atoms with van der Waals surface area (Å²) in [4.78, 5) is 12.1. The fraction of sp³-hybridized carbons (Fsp3) is 0.316. The highest BCUT2D eigenvalue weighted by Crippen LogP contribution is 2.19. The van der Waals surface area contributed by atoms with Gasteiger partial charge in [0.25, 0.3) is 0 Å². The molecule has 0 radical (unpaired) electrons. The van der Waals surface area contributed by atoms with Crippen molar-refractivity contribution in [2.75, 3.05) is 7.11 Å². The fourth-order valence-corrected chi connectivity index (χ4v) is 2.13. The van der Waals surface area contributed by atoms with Gasteiger partial charge in [-0.3, -0.25) is 0 Å². The van der Waals surface area contributed by atoms with E-state index in [0.29, 0.717) is 17.2 Å². The van der Waals surface area contributed by atoms with E-state index in [0.717, 1.165) is 18.6 Å². The standard InChI is InChI=1S/C19H22O3/c1-4-14(2)13-15-5-7-16(8-6-15)19(20)22-18-11-9-17(21-3)10-12-18/h5-12,14H,4,13H2,1-3H3. The molecule has 2 aromatic rings. The van der Waals surface area contributed by atoms with Crippen LogP contribution in [0.15, 0.2) is 48.5 Å². The van der Waals surface area contributed by atoms with Gasteiger partial charge in [0.1, 0.15) is 11.5 Å². The zero-order valence-corrected chi connectivity index (χ0v) is 13.3. The summed E-state index contributed by atoms with van der Waals surface area (Å²) in [6, 6.07) is 14.6. The molecule has 0 aliphatic rings. The summed E-state index contributed by atoms with van der Waals surface area (Å²) in [5.41, 5.74) is 1.80. The van der Waals surface area contributed by atoms with Gasteiger partial charge in [0.15, 0.2) is 0 Å². The number of hydrogen-bond acceptors (Lipinski definition) is 3. The third-order valence-corrected chi connectivity index (χ3v) is 3.74. The maximum atomic E-state index is 12.1. The Labute approximate surface area is 131 Å². The van der Waals surface area contributed by atoms with Gasteiger partial charge in [-0.1, -0.05) is 32.4 Å².